The van der Waals surface area contributed by atoms with Crippen LogP contribution in [0.5, 0.6) is 0 Å². The van der Waals surface area contributed by atoms with Gasteiger partial charge in [0.05, 0.1) is 0 Å². The van der Waals surface area contributed by atoms with E-state index in [-0.39, 0.29) is 12.8 Å². The SMILES string of the molecule is CC(=O)N[C@H](Cc1cccc(F)c1)C(=O)N[C@@H](Cc1cc(Cl)ccc1Br)C(=O)O. The lowest BCUT2D eigenvalue weighted by atomic mass is 10.0. The van der Waals surface area contributed by atoms with Gasteiger partial charge in [0, 0.05) is 29.3 Å². The standard InChI is InChI=1S/C20H19BrClFN2O4/c1-11(26)24-17(8-12-3-2-4-15(23)7-12)19(27)25-18(20(28)29)10-13-9-14(22)5-6-16(13)21/h2-7,9,17-18H,8,10H2,1H3,(H,24,26)(H,25,27)(H,28,29)/t17-,18+/m1/s1. The van der Waals surface area contributed by atoms with Crippen LogP contribution in [-0.4, -0.2) is 35.0 Å². The molecule has 0 unspecified atom stereocenters. The van der Waals surface area contributed by atoms with Crippen molar-refractivity contribution in [2.24, 2.45) is 0 Å². The van der Waals surface area contributed by atoms with E-state index in [2.05, 4.69) is 26.6 Å². The first-order valence-electron chi connectivity index (χ1n) is 8.64. The summed E-state index contributed by atoms with van der Waals surface area (Å²) in [6.07, 6.45) is -0.00859. The number of nitrogens with one attached hydrogen (secondary N) is 2. The van der Waals surface area contributed by atoms with Crippen LogP contribution >= 0.6 is 27.5 Å². The zero-order valence-corrected chi connectivity index (χ0v) is 17.8. The van der Waals surface area contributed by atoms with Crippen LogP contribution in [0.15, 0.2) is 46.9 Å². The molecule has 0 aliphatic heterocycles. The summed E-state index contributed by atoms with van der Waals surface area (Å²) in [6.45, 7) is 1.24. The predicted octanol–water partition coefficient (Wildman–Crippen LogP) is 3.10. The van der Waals surface area contributed by atoms with Crippen LogP contribution < -0.4 is 10.6 Å². The average Bonchev–Trinajstić information content (AvgIpc) is 2.63. The van der Waals surface area contributed by atoms with Crippen molar-refractivity contribution in [2.45, 2.75) is 31.8 Å². The van der Waals surface area contributed by atoms with E-state index in [1.807, 2.05) is 0 Å². The molecule has 2 rings (SSSR count). The maximum atomic E-state index is 13.4. The number of hydrogen-bond donors (Lipinski definition) is 3. The molecule has 2 amide bonds. The highest BCUT2D eigenvalue weighted by molar-refractivity contribution is 9.10. The third kappa shape index (κ3) is 7.14. The molecule has 0 saturated carbocycles. The largest absolute Gasteiger partial charge is 0.480 e. The monoisotopic (exact) mass is 484 g/mol. The first-order valence-corrected chi connectivity index (χ1v) is 9.81. The van der Waals surface area contributed by atoms with Crippen LogP contribution in [0, 0.1) is 5.82 Å². The highest BCUT2D eigenvalue weighted by atomic mass is 79.9. The van der Waals surface area contributed by atoms with E-state index < -0.39 is 35.7 Å². The highest BCUT2D eigenvalue weighted by Gasteiger charge is 2.27. The number of carbonyl (C=O) groups is 3. The third-order valence-electron chi connectivity index (χ3n) is 4.07. The Bertz CT molecular complexity index is 925. The Balaban J connectivity index is 2.18. The van der Waals surface area contributed by atoms with Gasteiger partial charge in [-0.05, 0) is 41.5 Å². The van der Waals surface area contributed by atoms with E-state index >= 15 is 0 Å². The van der Waals surface area contributed by atoms with Crippen molar-refractivity contribution < 1.29 is 23.9 Å². The summed E-state index contributed by atoms with van der Waals surface area (Å²) in [5.41, 5.74) is 1.09. The van der Waals surface area contributed by atoms with E-state index in [9.17, 15) is 23.9 Å². The zero-order valence-electron chi connectivity index (χ0n) is 15.4. The third-order valence-corrected chi connectivity index (χ3v) is 5.08. The number of rotatable bonds is 8. The Hall–Kier alpha value is -2.45. The van der Waals surface area contributed by atoms with E-state index in [0.29, 0.717) is 20.6 Å². The summed E-state index contributed by atoms with van der Waals surface area (Å²) in [6, 6.07) is 8.25. The van der Waals surface area contributed by atoms with Crippen LogP contribution in [0.2, 0.25) is 5.02 Å². The van der Waals surface area contributed by atoms with Crippen LogP contribution in [-0.2, 0) is 27.2 Å². The molecule has 2 atom stereocenters. The first kappa shape index (κ1) is 22.8. The molecule has 2 aromatic rings. The molecule has 0 aromatic heterocycles. The molecule has 0 bridgehead atoms. The fraction of sp³-hybridized carbons (Fsp3) is 0.250. The molecule has 2 aromatic carbocycles. The zero-order chi connectivity index (χ0) is 21.6. The molecular formula is C20H19BrClFN2O4. The molecule has 29 heavy (non-hydrogen) atoms. The second kappa shape index (κ2) is 10.4. The van der Waals surface area contributed by atoms with Crippen LogP contribution in [0.25, 0.3) is 0 Å². The Morgan fingerprint density at radius 3 is 2.45 bits per heavy atom. The Kier molecular flexibility index (Phi) is 8.16. The minimum absolute atomic E-state index is 0.0103. The molecule has 0 saturated heterocycles. The van der Waals surface area contributed by atoms with Crippen molar-refractivity contribution in [2.75, 3.05) is 0 Å². The Morgan fingerprint density at radius 2 is 1.83 bits per heavy atom. The Morgan fingerprint density at radius 1 is 1.10 bits per heavy atom. The minimum Gasteiger partial charge on any atom is -0.480 e. The van der Waals surface area contributed by atoms with E-state index in [0.717, 1.165) is 0 Å². The number of halogens is 3. The van der Waals surface area contributed by atoms with Crippen LogP contribution in [0.4, 0.5) is 4.39 Å². The molecule has 6 nitrogen and oxygen atoms in total. The highest BCUT2D eigenvalue weighted by Crippen LogP contribution is 2.22. The van der Waals surface area contributed by atoms with Crippen molar-refractivity contribution in [3.8, 4) is 0 Å². The summed E-state index contributed by atoms with van der Waals surface area (Å²) >= 11 is 9.29. The fourth-order valence-corrected chi connectivity index (χ4v) is 3.35. The van der Waals surface area contributed by atoms with Crippen molar-refractivity contribution in [3.05, 3.63) is 68.9 Å². The Labute approximate surface area is 180 Å². The van der Waals surface area contributed by atoms with Gasteiger partial charge in [0.2, 0.25) is 11.8 Å². The van der Waals surface area contributed by atoms with Gasteiger partial charge in [-0.2, -0.15) is 0 Å². The van der Waals surface area contributed by atoms with Gasteiger partial charge in [0.1, 0.15) is 17.9 Å². The second-order valence-corrected chi connectivity index (χ2v) is 7.72. The van der Waals surface area contributed by atoms with Gasteiger partial charge in [-0.25, -0.2) is 9.18 Å². The molecule has 154 valence electrons. The van der Waals surface area contributed by atoms with Gasteiger partial charge in [-0.3, -0.25) is 9.59 Å². The number of carboxylic acids is 1. The van der Waals surface area contributed by atoms with Crippen molar-refractivity contribution in [1.29, 1.82) is 0 Å². The van der Waals surface area contributed by atoms with Gasteiger partial charge in [0.25, 0.3) is 0 Å². The first-order chi connectivity index (χ1) is 13.7. The van der Waals surface area contributed by atoms with Crippen molar-refractivity contribution in [3.63, 3.8) is 0 Å². The van der Waals surface area contributed by atoms with Crippen LogP contribution in [0.1, 0.15) is 18.1 Å². The van der Waals surface area contributed by atoms with E-state index in [1.54, 1.807) is 24.3 Å². The number of carboxylic acid groups (broad SMARTS) is 1. The smallest absolute Gasteiger partial charge is 0.326 e. The maximum absolute atomic E-state index is 13.4. The quantitative estimate of drug-likeness (QED) is 0.535. The van der Waals surface area contributed by atoms with Gasteiger partial charge < -0.3 is 15.7 Å². The average molecular weight is 486 g/mol. The van der Waals surface area contributed by atoms with Crippen LogP contribution in [0.3, 0.4) is 0 Å². The second-order valence-electron chi connectivity index (χ2n) is 6.43. The molecule has 0 fully saturated rings. The van der Waals surface area contributed by atoms with Gasteiger partial charge in [0.15, 0.2) is 0 Å². The predicted molar refractivity (Wildman–Crippen MR) is 110 cm³/mol. The molecular weight excluding hydrogens is 467 g/mol. The lowest BCUT2D eigenvalue weighted by Gasteiger charge is -2.21. The summed E-state index contributed by atoms with van der Waals surface area (Å²) < 4.78 is 14.1. The molecule has 0 aliphatic carbocycles. The summed E-state index contributed by atoms with van der Waals surface area (Å²) in [7, 11) is 0. The molecule has 0 heterocycles. The lowest BCUT2D eigenvalue weighted by Crippen LogP contribution is -2.52. The van der Waals surface area contributed by atoms with Crippen molar-refractivity contribution in [1.82, 2.24) is 10.6 Å². The summed E-state index contributed by atoms with van der Waals surface area (Å²) in [5, 5.41) is 14.9. The molecule has 0 spiro atoms. The minimum atomic E-state index is -1.25. The number of aliphatic carboxylic acids is 1. The van der Waals surface area contributed by atoms with Gasteiger partial charge in [-0.15, -0.1) is 0 Å². The van der Waals surface area contributed by atoms with E-state index in [1.165, 1.54) is 25.1 Å². The maximum Gasteiger partial charge on any atom is 0.326 e. The summed E-state index contributed by atoms with van der Waals surface area (Å²) in [4.78, 5) is 35.9. The lowest BCUT2D eigenvalue weighted by molar-refractivity contribution is -0.142. The van der Waals surface area contributed by atoms with E-state index in [4.69, 9.17) is 11.6 Å². The van der Waals surface area contributed by atoms with Crippen molar-refractivity contribution >= 4 is 45.3 Å². The number of benzene rings is 2. The van der Waals surface area contributed by atoms with Gasteiger partial charge >= 0.3 is 5.97 Å². The fourth-order valence-electron chi connectivity index (χ4n) is 2.75. The molecule has 9 heteroatoms. The topological polar surface area (TPSA) is 95.5 Å². The number of amides is 2. The van der Waals surface area contributed by atoms with Gasteiger partial charge in [-0.1, -0.05) is 39.7 Å². The molecule has 3 N–H and O–H groups in total. The summed E-state index contributed by atoms with van der Waals surface area (Å²) in [5.74, 6) is -2.86. The molecule has 0 aliphatic rings. The number of carbonyl (C=O) groups excluding carboxylic acids is 2. The number of hydrogen-bond acceptors (Lipinski definition) is 3. The normalized spacial score (nSPS) is 12.7. The molecule has 0 radical (unpaired) electrons.